The number of piperidine rings is 1. The molecule has 8 nitrogen and oxygen atoms in total. The van der Waals surface area contributed by atoms with Crippen molar-refractivity contribution in [3.05, 3.63) is 208 Å². The molecule has 0 saturated carbocycles. The number of amidine groups is 1. The van der Waals surface area contributed by atoms with Gasteiger partial charge in [-0.3, -0.25) is 15.1 Å². The van der Waals surface area contributed by atoms with E-state index in [1.807, 2.05) is 35.2 Å². The normalized spacial score (nSPS) is 13.9. The molecular formula is C53H57N7O. The molecule has 6 aromatic carbocycles. The number of hydrogen-bond acceptors (Lipinski definition) is 5. The zero-order valence-corrected chi connectivity index (χ0v) is 35.1. The van der Waals surface area contributed by atoms with Crippen molar-refractivity contribution in [2.45, 2.75) is 70.1 Å². The second-order valence-electron chi connectivity index (χ2n) is 16.7. The van der Waals surface area contributed by atoms with E-state index in [-0.39, 0.29) is 17.2 Å². The third kappa shape index (κ3) is 10.2. The Hall–Kier alpha value is -6.35. The van der Waals surface area contributed by atoms with Gasteiger partial charge < -0.3 is 20.9 Å². The van der Waals surface area contributed by atoms with Gasteiger partial charge in [-0.25, -0.2) is 4.98 Å². The van der Waals surface area contributed by atoms with Crippen molar-refractivity contribution in [3.63, 3.8) is 0 Å². The van der Waals surface area contributed by atoms with Crippen LogP contribution < -0.4 is 11.5 Å². The fourth-order valence-electron chi connectivity index (χ4n) is 8.96. The molecule has 5 N–H and O–H groups in total. The maximum absolute atomic E-state index is 14.6. The van der Waals surface area contributed by atoms with Crippen LogP contribution in [-0.4, -0.2) is 50.7 Å². The van der Waals surface area contributed by atoms with Gasteiger partial charge in [-0.2, -0.15) is 0 Å². The Kier molecular flexibility index (Phi) is 13.1. The highest BCUT2D eigenvalue weighted by Crippen LogP contribution is 2.39. The molecular weight excluding hydrogens is 751 g/mol. The lowest BCUT2D eigenvalue weighted by Crippen LogP contribution is -2.44. The van der Waals surface area contributed by atoms with Crippen LogP contribution in [0.4, 0.5) is 0 Å². The van der Waals surface area contributed by atoms with Gasteiger partial charge in [0.05, 0.1) is 11.0 Å². The molecule has 0 spiro atoms. The van der Waals surface area contributed by atoms with Gasteiger partial charge in [-0.15, -0.1) is 0 Å². The minimum absolute atomic E-state index is 0.00562. The van der Waals surface area contributed by atoms with Crippen molar-refractivity contribution >= 4 is 22.8 Å². The number of nitrogens with zero attached hydrogens (tertiary/aromatic N) is 4. The topological polar surface area (TPSA) is 117 Å². The van der Waals surface area contributed by atoms with E-state index in [1.54, 1.807) is 0 Å². The number of amides is 1. The molecule has 1 saturated heterocycles. The third-order valence-electron chi connectivity index (χ3n) is 12.5. The van der Waals surface area contributed by atoms with Gasteiger partial charge in [0.25, 0.3) is 5.91 Å². The molecule has 1 aromatic heterocycles. The summed E-state index contributed by atoms with van der Waals surface area (Å²) in [5.74, 6) is 1.09. The number of aromatic nitrogens is 2. The first-order valence-electron chi connectivity index (χ1n) is 21.7. The van der Waals surface area contributed by atoms with Crippen LogP contribution in [-0.2, 0) is 50.9 Å². The van der Waals surface area contributed by atoms with Gasteiger partial charge in [-0.05, 0) is 96.8 Å². The molecule has 0 unspecified atom stereocenters. The molecule has 8 heteroatoms. The third-order valence-corrected chi connectivity index (χ3v) is 12.5. The smallest absolute Gasteiger partial charge is 0.254 e. The monoisotopic (exact) mass is 807 g/mol. The van der Waals surface area contributed by atoms with Crippen molar-refractivity contribution in [2.75, 3.05) is 19.6 Å². The zero-order chi connectivity index (χ0) is 42.0. The molecule has 1 fully saturated rings. The fraction of sp³-hybridized carbons (Fsp3) is 0.264. The summed E-state index contributed by atoms with van der Waals surface area (Å²) in [4.78, 5) is 24.5. The SMILES string of the molecule is N=C(N)c1ccc(CCc2nc3cc(C(=O)N(CCCc4ccccc4)Cc4ccc(CN)cc4)ccc3n2CC2(c3ccccc3)CCN(Cc3ccccc3)CC2)cc1. The van der Waals surface area contributed by atoms with Crippen LogP contribution in [0.25, 0.3) is 11.0 Å². The molecule has 2 heterocycles. The minimum atomic E-state index is -0.0938. The number of benzene rings is 6. The highest BCUT2D eigenvalue weighted by Gasteiger charge is 2.37. The highest BCUT2D eigenvalue weighted by atomic mass is 16.2. The van der Waals surface area contributed by atoms with Gasteiger partial charge in [0.15, 0.2) is 0 Å². The molecule has 1 amide bonds. The Bertz CT molecular complexity index is 2510. The molecule has 7 aromatic rings. The van der Waals surface area contributed by atoms with Gasteiger partial charge in [0.1, 0.15) is 11.7 Å². The quantitative estimate of drug-likeness (QED) is 0.0627. The number of imidazole rings is 1. The number of rotatable bonds is 17. The van der Waals surface area contributed by atoms with E-state index >= 15 is 0 Å². The first-order valence-corrected chi connectivity index (χ1v) is 21.7. The van der Waals surface area contributed by atoms with Crippen LogP contribution in [0.15, 0.2) is 158 Å². The predicted molar refractivity (Wildman–Crippen MR) is 248 cm³/mol. The number of hydrogen-bond donors (Lipinski definition) is 3. The summed E-state index contributed by atoms with van der Waals surface area (Å²) >= 11 is 0. The Labute approximate surface area is 360 Å². The average molecular weight is 808 g/mol. The van der Waals surface area contributed by atoms with Crippen LogP contribution in [0, 0.1) is 5.41 Å². The maximum atomic E-state index is 14.6. The van der Waals surface area contributed by atoms with Crippen molar-refractivity contribution < 1.29 is 4.79 Å². The van der Waals surface area contributed by atoms with E-state index in [2.05, 4.69) is 137 Å². The molecule has 61 heavy (non-hydrogen) atoms. The average Bonchev–Trinajstić information content (AvgIpc) is 3.65. The van der Waals surface area contributed by atoms with Gasteiger partial charge in [-0.1, -0.05) is 140 Å². The van der Waals surface area contributed by atoms with E-state index in [4.69, 9.17) is 21.9 Å². The van der Waals surface area contributed by atoms with Crippen LogP contribution in [0.3, 0.4) is 0 Å². The number of nitrogen functional groups attached to an aromatic ring is 1. The lowest BCUT2D eigenvalue weighted by molar-refractivity contribution is 0.0741. The highest BCUT2D eigenvalue weighted by molar-refractivity contribution is 5.97. The van der Waals surface area contributed by atoms with Gasteiger partial charge in [0, 0.05) is 55.7 Å². The summed E-state index contributed by atoms with van der Waals surface area (Å²) in [5, 5.41) is 7.86. The number of aryl methyl sites for hydroxylation is 3. The minimum Gasteiger partial charge on any atom is -0.384 e. The summed E-state index contributed by atoms with van der Waals surface area (Å²) in [5.41, 5.74) is 22.1. The van der Waals surface area contributed by atoms with Crippen molar-refractivity contribution in [2.24, 2.45) is 11.5 Å². The number of likely N-dealkylation sites (tertiary alicyclic amines) is 1. The largest absolute Gasteiger partial charge is 0.384 e. The standard InChI is InChI=1S/C53H57N7O/c54-36-42-18-20-44(21-19-42)38-59(32-10-15-40-11-4-1-5-12-40)52(61)46-27-28-49-48(35-46)57-50(29-24-41-22-25-45(26-23-41)51(55)56)60(49)39-53(47-16-8-3-9-17-47)30-33-58(34-31-53)37-43-13-6-2-7-14-43/h1-9,11-14,16-23,25-28,35H,10,15,24,29-34,36-39,54H2,(H3,55,56). The summed E-state index contributed by atoms with van der Waals surface area (Å²) in [7, 11) is 0. The number of carbonyl (C=O) groups excluding carboxylic acids is 1. The van der Waals surface area contributed by atoms with Gasteiger partial charge >= 0.3 is 0 Å². The Morgan fingerprint density at radius 1 is 0.672 bits per heavy atom. The van der Waals surface area contributed by atoms with Crippen LogP contribution >= 0.6 is 0 Å². The fourth-order valence-corrected chi connectivity index (χ4v) is 8.96. The molecule has 0 radical (unpaired) electrons. The Morgan fingerprint density at radius 3 is 1.92 bits per heavy atom. The summed E-state index contributed by atoms with van der Waals surface area (Å²) in [6.07, 6.45) is 5.32. The van der Waals surface area contributed by atoms with Crippen LogP contribution in [0.5, 0.6) is 0 Å². The molecule has 0 bridgehead atoms. The molecule has 0 aliphatic carbocycles. The molecule has 1 aliphatic rings. The second kappa shape index (κ2) is 19.4. The first kappa shape index (κ1) is 41.4. The molecule has 310 valence electrons. The van der Waals surface area contributed by atoms with E-state index in [0.717, 1.165) is 104 Å². The predicted octanol–water partition coefficient (Wildman–Crippen LogP) is 9.07. The first-order chi connectivity index (χ1) is 29.9. The summed E-state index contributed by atoms with van der Waals surface area (Å²) in [6, 6.07) is 54.7. The van der Waals surface area contributed by atoms with Crippen LogP contribution in [0.2, 0.25) is 0 Å². The summed E-state index contributed by atoms with van der Waals surface area (Å²) in [6.45, 7) is 5.38. The summed E-state index contributed by atoms with van der Waals surface area (Å²) < 4.78 is 2.45. The molecule has 1 aliphatic heterocycles. The van der Waals surface area contributed by atoms with Gasteiger partial charge in [0.2, 0.25) is 0 Å². The van der Waals surface area contributed by atoms with E-state index in [9.17, 15) is 4.79 Å². The van der Waals surface area contributed by atoms with Crippen molar-refractivity contribution in [1.82, 2.24) is 19.4 Å². The second-order valence-corrected chi connectivity index (χ2v) is 16.7. The number of carbonyl (C=O) groups is 1. The lowest BCUT2D eigenvalue weighted by atomic mass is 9.72. The van der Waals surface area contributed by atoms with E-state index in [1.165, 1.54) is 16.7 Å². The number of nitrogens with one attached hydrogen (secondary N) is 1. The Morgan fingerprint density at radius 2 is 1.26 bits per heavy atom. The van der Waals surface area contributed by atoms with Crippen LogP contribution in [0.1, 0.15) is 74.4 Å². The van der Waals surface area contributed by atoms with Crippen molar-refractivity contribution in [3.8, 4) is 0 Å². The number of nitrogens with two attached hydrogens (primary N) is 2. The lowest BCUT2D eigenvalue weighted by Gasteiger charge is -2.43. The molecule has 0 atom stereocenters. The number of fused-ring (bicyclic) bond motifs is 1. The Balaban J connectivity index is 1.11. The van der Waals surface area contributed by atoms with E-state index in [0.29, 0.717) is 25.2 Å². The zero-order valence-electron chi connectivity index (χ0n) is 35.1. The van der Waals surface area contributed by atoms with Crippen molar-refractivity contribution in [1.29, 1.82) is 5.41 Å². The van der Waals surface area contributed by atoms with E-state index < -0.39 is 0 Å². The maximum Gasteiger partial charge on any atom is 0.254 e. The molecule has 8 rings (SSSR count).